The molecular weight excluding hydrogens is 701 g/mol. The number of rotatable bonds is 7. The molecule has 0 atom stereocenters. The van der Waals surface area contributed by atoms with Crippen LogP contribution in [-0.4, -0.2) is 4.57 Å². The van der Waals surface area contributed by atoms with E-state index in [9.17, 15) is 0 Å². The second-order valence-electron chi connectivity index (χ2n) is 14.9. The van der Waals surface area contributed by atoms with Gasteiger partial charge in [0.2, 0.25) is 0 Å². The number of fused-ring (bicyclic) bond motifs is 6. The zero-order valence-electron chi connectivity index (χ0n) is 31.8. The molecule has 0 aliphatic heterocycles. The van der Waals surface area contributed by atoms with Crippen molar-refractivity contribution in [3.63, 3.8) is 0 Å². The maximum Gasteiger partial charge on any atom is 0.0625 e. The fourth-order valence-corrected chi connectivity index (χ4v) is 8.90. The summed E-state index contributed by atoms with van der Waals surface area (Å²) in [6, 6.07) is 83.7. The number of nitrogens with zero attached hydrogens (tertiary/aromatic N) is 2. The van der Waals surface area contributed by atoms with Gasteiger partial charge in [0.15, 0.2) is 0 Å². The van der Waals surface area contributed by atoms with Crippen LogP contribution in [0.3, 0.4) is 0 Å². The lowest BCUT2D eigenvalue weighted by molar-refractivity contribution is 1.20. The van der Waals surface area contributed by atoms with Gasteiger partial charge in [-0.05, 0) is 87.1 Å². The number of hydrogen-bond acceptors (Lipinski definition) is 1. The molecule has 2 nitrogen and oxygen atoms in total. The van der Waals surface area contributed by atoms with Gasteiger partial charge in [0.25, 0.3) is 0 Å². The summed E-state index contributed by atoms with van der Waals surface area (Å²) >= 11 is 0. The van der Waals surface area contributed by atoms with E-state index in [-0.39, 0.29) is 0 Å². The molecule has 10 aromatic carbocycles. The minimum atomic E-state index is 1.09. The third kappa shape index (κ3) is 5.66. The average molecular weight is 739 g/mol. The summed E-state index contributed by atoms with van der Waals surface area (Å²) in [6.45, 7) is 0. The predicted molar refractivity (Wildman–Crippen MR) is 247 cm³/mol. The highest BCUT2D eigenvalue weighted by atomic mass is 15.1. The Morgan fingerprint density at radius 2 is 0.879 bits per heavy atom. The molecule has 0 unspecified atom stereocenters. The van der Waals surface area contributed by atoms with Gasteiger partial charge in [-0.25, -0.2) is 0 Å². The number of hydrogen-bond donors (Lipinski definition) is 0. The summed E-state index contributed by atoms with van der Waals surface area (Å²) < 4.78 is 2.52. The maximum absolute atomic E-state index is 2.52. The fourth-order valence-electron chi connectivity index (χ4n) is 8.90. The molecule has 0 amide bonds. The highest BCUT2D eigenvalue weighted by Crippen LogP contribution is 2.47. The Hall–Kier alpha value is -7.68. The van der Waals surface area contributed by atoms with Crippen LogP contribution in [0.25, 0.3) is 82.4 Å². The lowest BCUT2D eigenvalue weighted by Crippen LogP contribution is -2.11. The van der Waals surface area contributed by atoms with E-state index in [4.69, 9.17) is 0 Å². The molecule has 0 bridgehead atoms. The van der Waals surface area contributed by atoms with Gasteiger partial charge in [0.1, 0.15) is 0 Å². The van der Waals surface area contributed by atoms with E-state index in [1.54, 1.807) is 0 Å². The zero-order valence-corrected chi connectivity index (χ0v) is 31.8. The monoisotopic (exact) mass is 738 g/mol. The van der Waals surface area contributed by atoms with Crippen molar-refractivity contribution in [2.75, 3.05) is 4.90 Å². The average Bonchev–Trinajstić information content (AvgIpc) is 3.64. The molecular formula is C56H38N2. The van der Waals surface area contributed by atoms with Crippen molar-refractivity contribution < 1.29 is 0 Å². The van der Waals surface area contributed by atoms with Crippen molar-refractivity contribution in [3.05, 3.63) is 231 Å². The minimum Gasteiger partial charge on any atom is -0.310 e. The van der Waals surface area contributed by atoms with Gasteiger partial charge in [-0.15, -0.1) is 0 Å². The standard InChI is InChI=1S/C56H38N2/c1-4-17-39(18-5-1)40-31-33-45(34-32-40)57(52-29-15-14-27-47(52)41-19-6-2-7-20-41)46-35-36-54-51(38-46)55-50(43-21-8-3-9-22-43)37-44-24-11-13-28-49(44)56(55)58(54)53-30-16-25-42-23-10-12-26-48(42)53/h1-38H. The van der Waals surface area contributed by atoms with Crippen LogP contribution < -0.4 is 4.90 Å². The Balaban J connectivity index is 1.24. The second kappa shape index (κ2) is 14.1. The maximum atomic E-state index is 2.52. The quantitative estimate of drug-likeness (QED) is 0.158. The first kappa shape index (κ1) is 33.6. The highest BCUT2D eigenvalue weighted by molar-refractivity contribution is 6.25. The summed E-state index contributed by atoms with van der Waals surface area (Å²) in [5.74, 6) is 0. The fraction of sp³-hybridized carbons (Fsp3) is 0. The predicted octanol–water partition coefficient (Wildman–Crippen LogP) is 15.6. The van der Waals surface area contributed by atoms with Gasteiger partial charge in [0, 0.05) is 38.5 Å². The lowest BCUT2D eigenvalue weighted by atomic mass is 9.95. The van der Waals surface area contributed by atoms with E-state index in [0.29, 0.717) is 0 Å². The molecule has 272 valence electrons. The first-order chi connectivity index (χ1) is 28.8. The Bertz CT molecular complexity index is 3250. The van der Waals surface area contributed by atoms with E-state index in [1.807, 2.05) is 0 Å². The molecule has 0 radical (unpaired) electrons. The highest BCUT2D eigenvalue weighted by Gasteiger charge is 2.23. The third-order valence-electron chi connectivity index (χ3n) is 11.5. The van der Waals surface area contributed by atoms with Crippen LogP contribution >= 0.6 is 0 Å². The topological polar surface area (TPSA) is 8.17 Å². The smallest absolute Gasteiger partial charge is 0.0625 e. The minimum absolute atomic E-state index is 1.09. The van der Waals surface area contributed by atoms with Crippen molar-refractivity contribution in [2.45, 2.75) is 0 Å². The van der Waals surface area contributed by atoms with Gasteiger partial charge < -0.3 is 9.47 Å². The summed E-state index contributed by atoms with van der Waals surface area (Å²) in [4.78, 5) is 2.43. The van der Waals surface area contributed by atoms with Crippen LogP contribution in [0, 0.1) is 0 Å². The van der Waals surface area contributed by atoms with Crippen LogP contribution in [0.5, 0.6) is 0 Å². The first-order valence-electron chi connectivity index (χ1n) is 19.9. The van der Waals surface area contributed by atoms with Crippen molar-refractivity contribution in [1.29, 1.82) is 0 Å². The Kier molecular flexibility index (Phi) is 8.19. The molecule has 0 saturated carbocycles. The van der Waals surface area contributed by atoms with Crippen LogP contribution in [0.1, 0.15) is 0 Å². The van der Waals surface area contributed by atoms with E-state index < -0.39 is 0 Å². The van der Waals surface area contributed by atoms with Crippen LogP contribution in [0.15, 0.2) is 231 Å². The van der Waals surface area contributed by atoms with Crippen molar-refractivity contribution in [3.8, 4) is 39.1 Å². The van der Waals surface area contributed by atoms with Crippen molar-refractivity contribution in [1.82, 2.24) is 4.57 Å². The number of aromatic nitrogens is 1. The first-order valence-corrected chi connectivity index (χ1v) is 19.9. The summed E-state index contributed by atoms with van der Waals surface area (Å²) in [5.41, 5.74) is 14.0. The van der Waals surface area contributed by atoms with E-state index in [2.05, 4.69) is 240 Å². The molecule has 11 aromatic rings. The summed E-state index contributed by atoms with van der Waals surface area (Å²) in [5, 5.41) is 7.33. The zero-order chi connectivity index (χ0) is 38.4. The molecule has 1 heterocycles. The molecule has 0 N–H and O–H groups in total. The van der Waals surface area contributed by atoms with Gasteiger partial charge in [-0.3, -0.25) is 0 Å². The molecule has 2 heteroatoms. The second-order valence-corrected chi connectivity index (χ2v) is 14.9. The molecule has 0 saturated heterocycles. The Morgan fingerprint density at radius 3 is 1.62 bits per heavy atom. The van der Waals surface area contributed by atoms with E-state index >= 15 is 0 Å². The SMILES string of the molecule is c1ccc(-c2ccc(N(c3ccc4c(c3)c3c(-c5ccccc5)cc5ccccc5c3n4-c3cccc4ccccc34)c3ccccc3-c3ccccc3)cc2)cc1. The van der Waals surface area contributed by atoms with E-state index in [0.717, 1.165) is 17.1 Å². The molecule has 0 fully saturated rings. The van der Waals surface area contributed by atoms with Crippen LogP contribution in [0.4, 0.5) is 17.1 Å². The third-order valence-corrected chi connectivity index (χ3v) is 11.5. The molecule has 1 aromatic heterocycles. The molecule has 11 rings (SSSR count). The molecule has 0 aliphatic rings. The van der Waals surface area contributed by atoms with Gasteiger partial charge in [0.05, 0.1) is 22.4 Å². The number of para-hydroxylation sites is 1. The largest absolute Gasteiger partial charge is 0.310 e. The van der Waals surface area contributed by atoms with Gasteiger partial charge >= 0.3 is 0 Å². The molecule has 58 heavy (non-hydrogen) atoms. The van der Waals surface area contributed by atoms with Gasteiger partial charge in [-0.1, -0.05) is 182 Å². The Labute approximate surface area is 338 Å². The normalized spacial score (nSPS) is 11.4. The van der Waals surface area contributed by atoms with Crippen molar-refractivity contribution in [2.24, 2.45) is 0 Å². The van der Waals surface area contributed by atoms with E-state index in [1.165, 1.54) is 82.4 Å². The van der Waals surface area contributed by atoms with Crippen LogP contribution in [-0.2, 0) is 0 Å². The lowest BCUT2D eigenvalue weighted by Gasteiger charge is -2.28. The molecule has 0 spiro atoms. The molecule has 0 aliphatic carbocycles. The number of anilines is 3. The van der Waals surface area contributed by atoms with Crippen LogP contribution in [0.2, 0.25) is 0 Å². The number of benzene rings is 10. The Morgan fingerprint density at radius 1 is 0.328 bits per heavy atom. The summed E-state index contributed by atoms with van der Waals surface area (Å²) in [6.07, 6.45) is 0. The van der Waals surface area contributed by atoms with Gasteiger partial charge in [-0.2, -0.15) is 0 Å². The van der Waals surface area contributed by atoms with Crippen molar-refractivity contribution >= 4 is 60.4 Å². The summed E-state index contributed by atoms with van der Waals surface area (Å²) in [7, 11) is 0.